The minimum Gasteiger partial charge on any atom is -0.451 e. The Hall–Kier alpha value is -3.22. The molecule has 1 N–H and O–H groups in total. The van der Waals surface area contributed by atoms with Crippen LogP contribution in [0.25, 0.3) is 11.3 Å². The molecule has 1 heterocycles. The molecule has 0 aliphatic heterocycles. The number of nitrogens with one attached hydrogen (secondary N) is 1. The number of amides is 1. The van der Waals surface area contributed by atoms with E-state index in [0.717, 1.165) is 0 Å². The number of benzene rings is 2. The van der Waals surface area contributed by atoms with Gasteiger partial charge in [-0.15, -0.1) is 0 Å². The van der Waals surface area contributed by atoms with Gasteiger partial charge in [0.05, 0.1) is 0 Å². The van der Waals surface area contributed by atoms with Crippen molar-refractivity contribution >= 4 is 5.91 Å². The SMILES string of the molecule is O=C(NCc1ccccc1OC(F)F)c1ccc(-c2ccc(F)cc2)o1. The van der Waals surface area contributed by atoms with Crippen LogP contribution in [-0.4, -0.2) is 12.5 Å². The van der Waals surface area contributed by atoms with E-state index in [1.807, 2.05) is 0 Å². The number of halogens is 3. The van der Waals surface area contributed by atoms with Crippen LogP contribution in [0.4, 0.5) is 13.2 Å². The first-order chi connectivity index (χ1) is 12.5. The number of rotatable bonds is 6. The largest absolute Gasteiger partial charge is 0.451 e. The summed E-state index contributed by atoms with van der Waals surface area (Å²) in [6.45, 7) is -2.95. The predicted molar refractivity (Wildman–Crippen MR) is 88.3 cm³/mol. The molecule has 3 rings (SSSR count). The minimum absolute atomic E-state index is 0.00533. The molecule has 2 aromatic carbocycles. The fourth-order valence-electron chi connectivity index (χ4n) is 2.35. The molecule has 1 amide bonds. The zero-order valence-electron chi connectivity index (χ0n) is 13.4. The van der Waals surface area contributed by atoms with Gasteiger partial charge in [-0.05, 0) is 42.5 Å². The predicted octanol–water partition coefficient (Wildman–Crippen LogP) is 4.62. The minimum atomic E-state index is -2.95. The van der Waals surface area contributed by atoms with Crippen molar-refractivity contribution in [1.82, 2.24) is 5.32 Å². The van der Waals surface area contributed by atoms with E-state index in [-0.39, 0.29) is 23.9 Å². The number of hydrogen-bond donors (Lipinski definition) is 1. The molecule has 1 aromatic heterocycles. The van der Waals surface area contributed by atoms with Crippen LogP contribution in [0, 0.1) is 5.82 Å². The van der Waals surface area contributed by atoms with Crippen LogP contribution in [0.15, 0.2) is 65.1 Å². The molecule has 7 heteroatoms. The lowest BCUT2D eigenvalue weighted by Crippen LogP contribution is -2.22. The van der Waals surface area contributed by atoms with Crippen molar-refractivity contribution < 1.29 is 27.1 Å². The van der Waals surface area contributed by atoms with Gasteiger partial charge in [-0.2, -0.15) is 8.78 Å². The van der Waals surface area contributed by atoms with Gasteiger partial charge in [0.25, 0.3) is 5.91 Å². The summed E-state index contributed by atoms with van der Waals surface area (Å²) in [7, 11) is 0. The topological polar surface area (TPSA) is 51.5 Å². The number of furan rings is 1. The Morgan fingerprint density at radius 3 is 2.50 bits per heavy atom. The lowest BCUT2D eigenvalue weighted by molar-refractivity contribution is -0.0504. The van der Waals surface area contributed by atoms with Gasteiger partial charge in [0.15, 0.2) is 5.76 Å². The Balaban J connectivity index is 1.67. The molecule has 3 aromatic rings. The van der Waals surface area contributed by atoms with E-state index in [4.69, 9.17) is 4.42 Å². The Labute approximate surface area is 147 Å². The quantitative estimate of drug-likeness (QED) is 0.697. The molecule has 134 valence electrons. The maximum atomic E-state index is 13.0. The molecule has 0 spiro atoms. The summed E-state index contributed by atoms with van der Waals surface area (Å²) in [5, 5.41) is 2.59. The van der Waals surface area contributed by atoms with Gasteiger partial charge in [-0.1, -0.05) is 18.2 Å². The summed E-state index contributed by atoms with van der Waals surface area (Å²) in [6.07, 6.45) is 0. The molecular weight excluding hydrogens is 347 g/mol. The zero-order chi connectivity index (χ0) is 18.5. The average molecular weight is 361 g/mol. The van der Waals surface area contributed by atoms with Crippen molar-refractivity contribution in [2.24, 2.45) is 0 Å². The van der Waals surface area contributed by atoms with Crippen molar-refractivity contribution in [3.8, 4) is 17.1 Å². The van der Waals surface area contributed by atoms with Crippen molar-refractivity contribution in [2.75, 3.05) is 0 Å². The number of para-hydroxylation sites is 1. The summed E-state index contributed by atoms with van der Waals surface area (Å²) in [4.78, 5) is 12.2. The van der Waals surface area contributed by atoms with E-state index in [1.165, 1.54) is 36.4 Å². The molecule has 4 nitrogen and oxygen atoms in total. The normalized spacial score (nSPS) is 10.8. The van der Waals surface area contributed by atoms with Gasteiger partial charge >= 0.3 is 6.61 Å². The third-order valence-electron chi connectivity index (χ3n) is 3.59. The average Bonchev–Trinajstić information content (AvgIpc) is 3.11. The fraction of sp³-hybridized carbons (Fsp3) is 0.105. The third kappa shape index (κ3) is 4.24. The van der Waals surface area contributed by atoms with Crippen LogP contribution in [0.3, 0.4) is 0 Å². The second kappa shape index (κ2) is 7.77. The lowest BCUT2D eigenvalue weighted by atomic mass is 10.2. The molecule has 0 unspecified atom stereocenters. The molecule has 0 fully saturated rings. The zero-order valence-corrected chi connectivity index (χ0v) is 13.4. The number of hydrogen-bond acceptors (Lipinski definition) is 3. The summed E-state index contributed by atoms with van der Waals surface area (Å²) < 4.78 is 47.7. The smallest absolute Gasteiger partial charge is 0.387 e. The number of carbonyl (C=O) groups excluding carboxylic acids is 1. The van der Waals surface area contributed by atoms with Gasteiger partial charge in [0, 0.05) is 17.7 Å². The van der Waals surface area contributed by atoms with Crippen LogP contribution in [0.2, 0.25) is 0 Å². The Bertz CT molecular complexity index is 891. The Morgan fingerprint density at radius 2 is 1.77 bits per heavy atom. The van der Waals surface area contributed by atoms with Crippen LogP contribution < -0.4 is 10.1 Å². The first-order valence-electron chi connectivity index (χ1n) is 7.69. The number of alkyl halides is 2. The third-order valence-corrected chi connectivity index (χ3v) is 3.59. The van der Waals surface area contributed by atoms with Crippen LogP contribution in [0.1, 0.15) is 16.1 Å². The second-order valence-corrected chi connectivity index (χ2v) is 5.34. The summed E-state index contributed by atoms with van der Waals surface area (Å²) in [5.74, 6) is -0.421. The summed E-state index contributed by atoms with van der Waals surface area (Å²) in [6, 6.07) is 14.9. The maximum absolute atomic E-state index is 13.0. The van der Waals surface area contributed by atoms with Gasteiger partial charge < -0.3 is 14.5 Å². The molecule has 0 aliphatic carbocycles. The van der Waals surface area contributed by atoms with E-state index >= 15 is 0 Å². The molecule has 0 aliphatic rings. The van der Waals surface area contributed by atoms with Crippen LogP contribution in [-0.2, 0) is 6.54 Å². The highest BCUT2D eigenvalue weighted by Crippen LogP contribution is 2.23. The van der Waals surface area contributed by atoms with E-state index in [0.29, 0.717) is 16.9 Å². The van der Waals surface area contributed by atoms with E-state index in [9.17, 15) is 18.0 Å². The highest BCUT2D eigenvalue weighted by Gasteiger charge is 2.14. The first-order valence-corrected chi connectivity index (χ1v) is 7.69. The first kappa shape index (κ1) is 17.6. The molecule has 0 atom stereocenters. The van der Waals surface area contributed by atoms with Gasteiger partial charge in [-0.3, -0.25) is 4.79 Å². The van der Waals surface area contributed by atoms with Crippen LogP contribution in [0.5, 0.6) is 5.75 Å². The van der Waals surface area contributed by atoms with Gasteiger partial charge in [0.1, 0.15) is 17.3 Å². The Kier molecular flexibility index (Phi) is 5.26. The van der Waals surface area contributed by atoms with Crippen molar-refractivity contribution in [3.05, 3.63) is 77.8 Å². The molecule has 0 saturated carbocycles. The highest BCUT2D eigenvalue weighted by atomic mass is 19.3. The molecule has 0 radical (unpaired) electrons. The van der Waals surface area contributed by atoms with Gasteiger partial charge in [-0.25, -0.2) is 4.39 Å². The fourth-order valence-corrected chi connectivity index (χ4v) is 2.35. The van der Waals surface area contributed by atoms with Crippen molar-refractivity contribution in [2.45, 2.75) is 13.2 Å². The van der Waals surface area contributed by atoms with E-state index < -0.39 is 12.5 Å². The molecule has 0 saturated heterocycles. The highest BCUT2D eigenvalue weighted by molar-refractivity contribution is 5.92. The number of carbonyl (C=O) groups is 1. The second-order valence-electron chi connectivity index (χ2n) is 5.34. The van der Waals surface area contributed by atoms with Crippen LogP contribution >= 0.6 is 0 Å². The van der Waals surface area contributed by atoms with Crippen molar-refractivity contribution in [1.29, 1.82) is 0 Å². The van der Waals surface area contributed by atoms with E-state index in [2.05, 4.69) is 10.1 Å². The van der Waals surface area contributed by atoms with Crippen molar-refractivity contribution in [3.63, 3.8) is 0 Å². The Morgan fingerprint density at radius 1 is 1.04 bits per heavy atom. The monoisotopic (exact) mass is 361 g/mol. The maximum Gasteiger partial charge on any atom is 0.387 e. The lowest BCUT2D eigenvalue weighted by Gasteiger charge is -2.10. The van der Waals surface area contributed by atoms with E-state index in [1.54, 1.807) is 24.3 Å². The number of ether oxygens (including phenoxy) is 1. The standard InChI is InChI=1S/C19H14F3NO3/c20-14-7-5-12(6-8-14)16-9-10-17(25-16)18(24)23-11-13-3-1-2-4-15(13)26-19(21)22/h1-10,19H,11H2,(H,23,24). The molecule has 0 bridgehead atoms. The summed E-state index contributed by atoms with van der Waals surface area (Å²) in [5.41, 5.74) is 1.03. The van der Waals surface area contributed by atoms with Gasteiger partial charge in [0.2, 0.25) is 0 Å². The molecule has 26 heavy (non-hydrogen) atoms. The summed E-state index contributed by atoms with van der Waals surface area (Å²) >= 11 is 0. The molecular formula is C19H14F3NO3.